The second-order valence-corrected chi connectivity index (χ2v) is 26.4. The van der Waals surface area contributed by atoms with E-state index in [9.17, 15) is 43.2 Å². The van der Waals surface area contributed by atoms with Gasteiger partial charge in [0.2, 0.25) is 0 Å². The largest absolute Gasteiger partial charge is 0.472 e. The molecule has 0 aliphatic heterocycles. The van der Waals surface area contributed by atoms with Crippen molar-refractivity contribution in [1.29, 1.82) is 0 Å². The van der Waals surface area contributed by atoms with Crippen molar-refractivity contribution in [2.45, 2.75) is 354 Å². The minimum absolute atomic E-state index is 0.107. The molecular weight excluding hydrogens is 1110 g/mol. The summed E-state index contributed by atoms with van der Waals surface area (Å²) in [7, 11) is -9.88. The highest BCUT2D eigenvalue weighted by molar-refractivity contribution is 7.47. The predicted octanol–water partition coefficient (Wildman–Crippen LogP) is 18.3. The molecule has 0 saturated heterocycles. The minimum atomic E-state index is -4.94. The monoisotopic (exact) mass is 1240 g/mol. The van der Waals surface area contributed by atoms with E-state index in [-0.39, 0.29) is 25.7 Å². The molecular formula is C65H126O17P2. The van der Waals surface area contributed by atoms with Gasteiger partial charge in [0.1, 0.15) is 19.3 Å². The van der Waals surface area contributed by atoms with Crippen molar-refractivity contribution in [1.82, 2.24) is 0 Å². The fourth-order valence-corrected chi connectivity index (χ4v) is 11.4. The quantitative estimate of drug-likeness (QED) is 0.0222. The molecule has 0 rings (SSSR count). The number of carbonyl (C=O) groups excluding carboxylic acids is 4. The Morgan fingerprint density at radius 1 is 0.286 bits per heavy atom. The van der Waals surface area contributed by atoms with Crippen molar-refractivity contribution in [3.8, 4) is 0 Å². The second-order valence-electron chi connectivity index (χ2n) is 23.5. The third-order valence-corrected chi connectivity index (χ3v) is 17.0. The lowest BCUT2D eigenvalue weighted by Crippen LogP contribution is -2.30. The molecule has 0 aromatic carbocycles. The number of rotatable bonds is 66. The Bertz CT molecular complexity index is 1620. The molecule has 0 radical (unpaired) electrons. The number of ether oxygens (including phenoxy) is 4. The van der Waals surface area contributed by atoms with Crippen LogP contribution in [0.15, 0.2) is 0 Å². The molecule has 498 valence electrons. The SMILES string of the molecule is CCCCCCCCCCCCCCCC(=O)OC[C@H](COP(=O)(O)OC[C@@H](O)COP(=O)(O)OC[C@@H](COC(=O)CCCCCCCCCC)OC(=O)CCCCCCCCCCCC)OC(=O)CCCCCCCCCCCCCCC. The summed E-state index contributed by atoms with van der Waals surface area (Å²) >= 11 is 0. The number of phosphoric acid groups is 2. The molecule has 0 aromatic rings. The summed E-state index contributed by atoms with van der Waals surface area (Å²) in [5.74, 6) is -2.13. The summed E-state index contributed by atoms with van der Waals surface area (Å²) in [6.45, 7) is 4.88. The summed E-state index contributed by atoms with van der Waals surface area (Å²) in [6, 6.07) is 0. The zero-order valence-electron chi connectivity index (χ0n) is 53.9. The van der Waals surface area contributed by atoms with Crippen LogP contribution < -0.4 is 0 Å². The molecule has 0 aliphatic rings. The van der Waals surface area contributed by atoms with E-state index in [0.29, 0.717) is 25.7 Å². The van der Waals surface area contributed by atoms with Gasteiger partial charge in [-0.2, -0.15) is 0 Å². The van der Waals surface area contributed by atoms with Gasteiger partial charge >= 0.3 is 39.5 Å². The highest BCUT2D eigenvalue weighted by atomic mass is 31.2. The molecule has 0 bridgehead atoms. The Kier molecular flexibility index (Phi) is 58.6. The van der Waals surface area contributed by atoms with Crippen LogP contribution in [0.2, 0.25) is 0 Å². The Morgan fingerprint density at radius 3 is 0.702 bits per heavy atom. The third-order valence-electron chi connectivity index (χ3n) is 15.1. The standard InChI is InChI=1S/C65H126O17P2/c1-5-9-13-17-21-25-28-30-32-35-38-42-46-50-63(68)76-56-61(82-65(70)52-48-44-40-36-33-31-29-26-22-18-14-10-6-2)58-80-84(73,74)78-54-59(66)53-77-83(71,72)79-57-60(55-75-62(67)49-45-41-37-24-20-16-12-8-4)81-64(69)51-47-43-39-34-27-23-19-15-11-7-3/h59-61,66H,5-58H2,1-4H3,(H,71,72)(H,73,74)/t59-,60+,61+/m0/s1. The van der Waals surface area contributed by atoms with Gasteiger partial charge in [-0.1, -0.05) is 285 Å². The van der Waals surface area contributed by atoms with Crippen LogP contribution >= 0.6 is 15.6 Å². The van der Waals surface area contributed by atoms with Crippen LogP contribution in [0.3, 0.4) is 0 Å². The maximum absolute atomic E-state index is 13.0. The maximum atomic E-state index is 13.0. The summed E-state index contributed by atoms with van der Waals surface area (Å²) in [4.78, 5) is 72.2. The maximum Gasteiger partial charge on any atom is 0.472 e. The Balaban J connectivity index is 5.22. The lowest BCUT2D eigenvalue weighted by atomic mass is 10.0. The molecule has 0 aromatic heterocycles. The molecule has 0 heterocycles. The molecule has 2 unspecified atom stereocenters. The molecule has 3 N–H and O–H groups in total. The topological polar surface area (TPSA) is 237 Å². The van der Waals surface area contributed by atoms with Gasteiger partial charge in [-0.25, -0.2) is 9.13 Å². The van der Waals surface area contributed by atoms with Gasteiger partial charge in [-0.15, -0.1) is 0 Å². The number of unbranched alkanes of at least 4 members (excludes halogenated alkanes) is 40. The highest BCUT2D eigenvalue weighted by Crippen LogP contribution is 2.45. The van der Waals surface area contributed by atoms with Gasteiger partial charge in [0.25, 0.3) is 0 Å². The Morgan fingerprint density at radius 2 is 0.476 bits per heavy atom. The number of aliphatic hydroxyl groups is 1. The number of aliphatic hydroxyl groups excluding tert-OH is 1. The van der Waals surface area contributed by atoms with Gasteiger partial charge in [-0.05, 0) is 25.7 Å². The van der Waals surface area contributed by atoms with E-state index in [1.807, 2.05) is 0 Å². The fraction of sp³-hybridized carbons (Fsp3) is 0.938. The molecule has 84 heavy (non-hydrogen) atoms. The molecule has 0 saturated carbocycles. The van der Waals surface area contributed by atoms with Crippen LogP contribution in [0, 0.1) is 0 Å². The van der Waals surface area contributed by atoms with E-state index >= 15 is 0 Å². The number of hydrogen-bond acceptors (Lipinski definition) is 15. The van der Waals surface area contributed by atoms with Crippen LogP contribution in [0.4, 0.5) is 0 Å². The number of phosphoric ester groups is 2. The first-order chi connectivity index (χ1) is 40.7. The van der Waals surface area contributed by atoms with E-state index in [2.05, 4.69) is 27.7 Å². The van der Waals surface area contributed by atoms with E-state index in [4.69, 9.17) is 37.0 Å². The van der Waals surface area contributed by atoms with Gasteiger partial charge in [0.05, 0.1) is 26.4 Å². The molecule has 0 aliphatic carbocycles. The van der Waals surface area contributed by atoms with Crippen molar-refractivity contribution in [3.63, 3.8) is 0 Å². The van der Waals surface area contributed by atoms with Gasteiger partial charge in [-0.3, -0.25) is 37.3 Å². The first-order valence-corrected chi connectivity index (χ1v) is 37.3. The van der Waals surface area contributed by atoms with E-state index in [1.165, 1.54) is 161 Å². The summed E-state index contributed by atoms with van der Waals surface area (Å²) in [5.41, 5.74) is 0. The van der Waals surface area contributed by atoms with Crippen LogP contribution in [0.1, 0.15) is 336 Å². The average molecular weight is 1240 g/mol. The van der Waals surface area contributed by atoms with E-state index in [0.717, 1.165) is 96.3 Å². The lowest BCUT2D eigenvalue weighted by Gasteiger charge is -2.21. The lowest BCUT2D eigenvalue weighted by molar-refractivity contribution is -0.161. The zero-order chi connectivity index (χ0) is 61.9. The molecule has 17 nitrogen and oxygen atoms in total. The van der Waals surface area contributed by atoms with Crippen molar-refractivity contribution < 1.29 is 80.2 Å². The van der Waals surface area contributed by atoms with Crippen LogP contribution in [-0.4, -0.2) is 96.7 Å². The molecule has 0 fully saturated rings. The summed E-state index contributed by atoms with van der Waals surface area (Å²) < 4.78 is 68.0. The Hall–Kier alpha value is -1.94. The fourth-order valence-electron chi connectivity index (χ4n) is 9.81. The molecule has 5 atom stereocenters. The predicted molar refractivity (Wildman–Crippen MR) is 335 cm³/mol. The normalized spacial score (nSPS) is 14.1. The van der Waals surface area contributed by atoms with Crippen LogP contribution in [-0.2, 0) is 65.4 Å². The summed E-state index contributed by atoms with van der Waals surface area (Å²) in [5, 5.41) is 10.5. The first-order valence-electron chi connectivity index (χ1n) is 34.3. The first kappa shape index (κ1) is 82.1. The number of hydrogen-bond donors (Lipinski definition) is 3. The van der Waals surface area contributed by atoms with E-state index in [1.54, 1.807) is 0 Å². The molecule has 19 heteroatoms. The van der Waals surface area contributed by atoms with Crippen molar-refractivity contribution in [3.05, 3.63) is 0 Å². The zero-order valence-corrected chi connectivity index (χ0v) is 55.7. The van der Waals surface area contributed by atoms with Crippen molar-refractivity contribution in [2.24, 2.45) is 0 Å². The minimum Gasteiger partial charge on any atom is -0.462 e. The second kappa shape index (κ2) is 60.0. The highest BCUT2D eigenvalue weighted by Gasteiger charge is 2.30. The van der Waals surface area contributed by atoms with Gasteiger partial charge in [0, 0.05) is 25.7 Å². The molecule has 0 amide bonds. The van der Waals surface area contributed by atoms with Gasteiger partial charge < -0.3 is 33.8 Å². The van der Waals surface area contributed by atoms with Crippen molar-refractivity contribution in [2.75, 3.05) is 39.6 Å². The van der Waals surface area contributed by atoms with Crippen LogP contribution in [0.25, 0.3) is 0 Å². The third kappa shape index (κ3) is 59.0. The Labute approximate surface area is 511 Å². The molecule has 0 spiro atoms. The van der Waals surface area contributed by atoms with E-state index < -0.39 is 97.5 Å². The van der Waals surface area contributed by atoms with Gasteiger partial charge in [0.15, 0.2) is 12.2 Å². The van der Waals surface area contributed by atoms with Crippen molar-refractivity contribution >= 4 is 39.5 Å². The van der Waals surface area contributed by atoms with Crippen LogP contribution in [0.5, 0.6) is 0 Å². The smallest absolute Gasteiger partial charge is 0.462 e. The number of carbonyl (C=O) groups is 4. The number of esters is 4. The summed E-state index contributed by atoms with van der Waals surface area (Å²) in [6.07, 6.45) is 45.7. The average Bonchev–Trinajstić information content (AvgIpc) is 3.59.